The summed E-state index contributed by atoms with van der Waals surface area (Å²) < 4.78 is 23.0. The molecule has 0 radical (unpaired) electrons. The van der Waals surface area contributed by atoms with Crippen LogP contribution in [0.5, 0.6) is 34.5 Å². The standard InChI is InChI=1S/C15H14FNO.C14H20N2O.C14H14N2O.C12H15NO2.C11H15NO2.C10H13NO2/c16-14-7-5-12(6-8-14)9-10-17-11-13-3-1-2-4-15(13)18;1-16-10-4-6-13(16)8-9-15-11-12-5-2-3-7-14(12)17;17-14-7-2-1-5-12(14)11-15-10-8-13-6-3-4-9-16-13;14-12-6-2-1-4-10(12)8-13-9-11-5-3-7-15-11;1-14-8-4-7-12-9-10-5-2-3-6-11(10)13;12-7-3-6-11-8-9-4-1-2-5-10(9)13/h1-8,11,18H,9-10H2;2-3,5,7,11,13,17H,4,6,8-10H2,1H3;1-7,9,11,17H,8,10H2;1-2,4,6,8,11,14H,3,5,7,9H2;2-3,5-6,9,13H,4,7-8H2,1H3;1-2,4-5,8,12-13H,3,6-7H2. The minimum Gasteiger partial charge on any atom is -0.507 e. The van der Waals surface area contributed by atoms with Crippen molar-refractivity contribution in [1.82, 2.24) is 9.88 Å². The number of ether oxygens (including phenoxy) is 2. The van der Waals surface area contributed by atoms with E-state index in [1.54, 1.807) is 142 Å². The highest BCUT2D eigenvalue weighted by molar-refractivity contribution is 5.86. The Kier molecular flexibility index (Phi) is 37.0. The second-order valence-corrected chi connectivity index (χ2v) is 21.6. The van der Waals surface area contributed by atoms with E-state index in [1.165, 1.54) is 31.5 Å². The smallest absolute Gasteiger partial charge is 0.124 e. The van der Waals surface area contributed by atoms with Gasteiger partial charge in [-0.05, 0) is 168 Å². The lowest BCUT2D eigenvalue weighted by Gasteiger charge is -2.17. The van der Waals surface area contributed by atoms with Crippen molar-refractivity contribution in [2.45, 2.75) is 69.9 Å². The minimum absolute atomic E-state index is 0.151. The number of aromatic hydroxyl groups is 6. The monoisotopic (exact) mass is 1280 g/mol. The van der Waals surface area contributed by atoms with E-state index in [0.717, 1.165) is 98.3 Å². The predicted molar refractivity (Wildman–Crippen MR) is 379 cm³/mol. The van der Waals surface area contributed by atoms with E-state index in [-0.39, 0.29) is 47.3 Å². The van der Waals surface area contributed by atoms with Crippen molar-refractivity contribution in [2.75, 3.05) is 79.8 Å². The number of hydrogen-bond acceptors (Lipinski definition) is 17. The van der Waals surface area contributed by atoms with Crippen LogP contribution in [0.4, 0.5) is 4.39 Å². The summed E-state index contributed by atoms with van der Waals surface area (Å²) in [6.45, 7) is 7.07. The van der Waals surface area contributed by atoms with Crippen molar-refractivity contribution in [1.29, 1.82) is 0 Å². The molecule has 2 fully saturated rings. The lowest BCUT2D eigenvalue weighted by molar-refractivity contribution is 0.118. The van der Waals surface area contributed by atoms with Crippen molar-refractivity contribution >= 4 is 37.3 Å². The molecule has 7 N–H and O–H groups in total. The summed E-state index contributed by atoms with van der Waals surface area (Å²) in [6, 6.07) is 55.8. The van der Waals surface area contributed by atoms with E-state index in [9.17, 15) is 35.0 Å². The van der Waals surface area contributed by atoms with Crippen molar-refractivity contribution < 1.29 is 49.6 Å². The van der Waals surface area contributed by atoms with E-state index >= 15 is 0 Å². The number of likely N-dealkylation sites (tertiary alicyclic amines) is 1. The van der Waals surface area contributed by atoms with Gasteiger partial charge in [0.25, 0.3) is 0 Å². The van der Waals surface area contributed by atoms with Gasteiger partial charge in [0.2, 0.25) is 0 Å². The number of aromatic nitrogens is 1. The van der Waals surface area contributed by atoms with E-state index in [0.29, 0.717) is 55.5 Å². The lowest BCUT2D eigenvalue weighted by Crippen LogP contribution is -2.25. The number of aliphatic hydroxyl groups is 1. The molecule has 2 aliphatic rings. The van der Waals surface area contributed by atoms with Crippen LogP contribution < -0.4 is 0 Å². The lowest BCUT2D eigenvalue weighted by atomic mass is 10.1. The van der Waals surface area contributed by atoms with Gasteiger partial charge in [-0.25, -0.2) is 4.39 Å². The Morgan fingerprint density at radius 1 is 0.489 bits per heavy atom. The number of aliphatic imine (C=N–C) groups is 6. The molecule has 2 atom stereocenters. The number of halogens is 1. The number of para-hydroxylation sites is 6. The molecule has 8 aromatic rings. The molecule has 94 heavy (non-hydrogen) atoms. The molecule has 0 amide bonds. The highest BCUT2D eigenvalue weighted by Gasteiger charge is 2.19. The van der Waals surface area contributed by atoms with Crippen molar-refractivity contribution in [3.63, 3.8) is 0 Å². The third kappa shape index (κ3) is 31.5. The van der Waals surface area contributed by atoms with Gasteiger partial charge in [0, 0.05) is 155 Å². The number of nitrogens with zero attached hydrogens (tertiary/aromatic N) is 8. The van der Waals surface area contributed by atoms with Crippen molar-refractivity contribution in [3.8, 4) is 34.5 Å². The second kappa shape index (κ2) is 46.4. The molecule has 1 aromatic heterocycles. The summed E-state index contributed by atoms with van der Waals surface area (Å²) in [5.41, 5.74) is 6.55. The van der Waals surface area contributed by atoms with Crippen LogP contribution in [0.2, 0.25) is 0 Å². The Labute approximate surface area is 553 Å². The average Bonchev–Trinajstić information content (AvgIpc) is 4.48. The topological polar surface area (TPSA) is 250 Å². The zero-order chi connectivity index (χ0) is 67.1. The number of methoxy groups -OCH3 is 1. The van der Waals surface area contributed by atoms with Gasteiger partial charge in [0.1, 0.15) is 40.3 Å². The molecule has 2 unspecified atom stereocenters. The van der Waals surface area contributed by atoms with E-state index in [1.807, 2.05) is 84.9 Å². The number of phenols is 6. The molecule has 496 valence electrons. The Morgan fingerprint density at radius 2 is 0.904 bits per heavy atom. The Balaban J connectivity index is 0.000000205. The van der Waals surface area contributed by atoms with Gasteiger partial charge in [-0.3, -0.25) is 34.9 Å². The van der Waals surface area contributed by atoms with Crippen LogP contribution in [0, 0.1) is 5.82 Å². The molecule has 10 rings (SSSR count). The number of hydrogen-bond donors (Lipinski definition) is 7. The maximum atomic E-state index is 12.7. The van der Waals surface area contributed by atoms with Gasteiger partial charge in [0.15, 0.2) is 0 Å². The molecule has 2 aliphatic heterocycles. The molecule has 0 spiro atoms. The van der Waals surface area contributed by atoms with Crippen LogP contribution in [0.3, 0.4) is 0 Å². The molecule has 0 bridgehead atoms. The van der Waals surface area contributed by atoms with Gasteiger partial charge in [-0.15, -0.1) is 0 Å². The zero-order valence-corrected chi connectivity index (χ0v) is 53.9. The molecule has 7 aromatic carbocycles. The first-order valence-electron chi connectivity index (χ1n) is 31.7. The maximum absolute atomic E-state index is 12.7. The summed E-state index contributed by atoms with van der Waals surface area (Å²) in [5, 5.41) is 65.3. The Hall–Kier alpha value is -9.72. The summed E-state index contributed by atoms with van der Waals surface area (Å²) in [4.78, 5) is 32.0. The van der Waals surface area contributed by atoms with Crippen LogP contribution in [-0.4, -0.2) is 175 Å². The van der Waals surface area contributed by atoms with Gasteiger partial charge in [-0.2, -0.15) is 0 Å². The van der Waals surface area contributed by atoms with E-state index < -0.39 is 0 Å². The van der Waals surface area contributed by atoms with Gasteiger partial charge < -0.3 is 50.1 Å². The molecule has 3 heterocycles. The normalized spacial score (nSPS) is 14.4. The van der Waals surface area contributed by atoms with Gasteiger partial charge in [0.05, 0.1) is 12.6 Å². The molecular weight excluding hydrogens is 1190 g/mol. The fourth-order valence-electron chi connectivity index (χ4n) is 9.05. The number of phenolic OH excluding ortho intramolecular Hbond substituents is 6. The molecule has 0 saturated carbocycles. The van der Waals surface area contributed by atoms with E-state index in [2.05, 4.69) is 46.9 Å². The number of pyridine rings is 1. The number of aliphatic hydroxyl groups excluding tert-OH is 1. The first kappa shape index (κ1) is 75.0. The summed E-state index contributed by atoms with van der Waals surface area (Å²) in [5.74, 6) is 1.33. The fourth-order valence-corrected chi connectivity index (χ4v) is 9.05. The highest BCUT2D eigenvalue weighted by Crippen LogP contribution is 2.20. The van der Waals surface area contributed by atoms with Crippen LogP contribution in [0.1, 0.15) is 89.6 Å². The second-order valence-electron chi connectivity index (χ2n) is 21.6. The average molecular weight is 1280 g/mol. The molecule has 0 aliphatic carbocycles. The third-order valence-corrected chi connectivity index (χ3v) is 14.3. The first-order valence-corrected chi connectivity index (χ1v) is 31.7. The fraction of sp³-hybridized carbons (Fsp3) is 0.303. The predicted octanol–water partition coefficient (Wildman–Crippen LogP) is 13.0. The SMILES string of the molecule is CN1CCCC1CCN=Cc1ccccc1O.COCCCN=Cc1ccccc1O.OCCCN=Cc1ccccc1O.Oc1ccccc1C=NCC1CCCO1.Oc1ccccc1C=NCCc1ccc(F)cc1.Oc1ccccc1C=NCCc1ccccn1. The maximum Gasteiger partial charge on any atom is 0.124 e. The number of rotatable bonds is 24. The first-order chi connectivity index (χ1) is 45.9. The van der Waals surface area contributed by atoms with Crippen LogP contribution in [0.25, 0.3) is 0 Å². The molecule has 2 saturated heterocycles. The third-order valence-electron chi connectivity index (χ3n) is 14.3. The minimum atomic E-state index is -0.226. The zero-order valence-electron chi connectivity index (χ0n) is 53.9. The summed E-state index contributed by atoms with van der Waals surface area (Å²) in [7, 11) is 3.86. The van der Waals surface area contributed by atoms with Crippen LogP contribution in [0.15, 0.2) is 224 Å². The Morgan fingerprint density at radius 3 is 1.30 bits per heavy atom. The summed E-state index contributed by atoms with van der Waals surface area (Å²) in [6.07, 6.45) is 21.2. The van der Waals surface area contributed by atoms with E-state index in [4.69, 9.17) is 14.6 Å². The quantitative estimate of drug-likeness (QED) is 0.0221. The van der Waals surface area contributed by atoms with Crippen molar-refractivity contribution in [3.05, 3.63) is 245 Å². The largest absolute Gasteiger partial charge is 0.507 e. The highest BCUT2D eigenvalue weighted by atomic mass is 19.1. The van der Waals surface area contributed by atoms with Gasteiger partial charge in [-0.1, -0.05) is 91.0 Å². The Bertz CT molecular complexity index is 3530. The molecule has 17 nitrogen and oxygen atoms in total. The van der Waals surface area contributed by atoms with Crippen molar-refractivity contribution in [2.24, 2.45) is 30.0 Å². The summed E-state index contributed by atoms with van der Waals surface area (Å²) >= 11 is 0. The van der Waals surface area contributed by atoms with Crippen LogP contribution in [-0.2, 0) is 22.3 Å². The van der Waals surface area contributed by atoms with Crippen LogP contribution >= 0.6 is 0 Å². The van der Waals surface area contributed by atoms with Gasteiger partial charge >= 0.3 is 0 Å². The number of benzene rings is 7. The molecule has 18 heteroatoms. The molecular formula is C76H91FN8O9.